The van der Waals surface area contributed by atoms with Gasteiger partial charge in [-0.2, -0.15) is 11.8 Å². The lowest BCUT2D eigenvalue weighted by Crippen LogP contribution is -2.32. The standard InChI is InChI=1S/C10H13N3S2/c11-10(14)9-7-8(1-2-12-9)13-3-5-15-6-4-13/h1-2,7H,3-6H2,(H2,11,14). The van der Waals surface area contributed by atoms with Crippen molar-refractivity contribution in [3.8, 4) is 0 Å². The van der Waals surface area contributed by atoms with Crippen molar-refractivity contribution in [1.29, 1.82) is 0 Å². The highest BCUT2D eigenvalue weighted by molar-refractivity contribution is 7.99. The fourth-order valence-electron chi connectivity index (χ4n) is 1.57. The van der Waals surface area contributed by atoms with Crippen molar-refractivity contribution in [3.05, 3.63) is 24.0 Å². The van der Waals surface area contributed by atoms with Gasteiger partial charge in [0.15, 0.2) is 0 Å². The Morgan fingerprint density at radius 2 is 2.20 bits per heavy atom. The van der Waals surface area contributed by atoms with E-state index in [-0.39, 0.29) is 0 Å². The van der Waals surface area contributed by atoms with Crippen molar-refractivity contribution in [1.82, 2.24) is 4.98 Å². The van der Waals surface area contributed by atoms with E-state index >= 15 is 0 Å². The van der Waals surface area contributed by atoms with Crippen molar-refractivity contribution < 1.29 is 0 Å². The summed E-state index contributed by atoms with van der Waals surface area (Å²) in [5.74, 6) is 2.37. The molecule has 0 saturated carbocycles. The van der Waals surface area contributed by atoms with Gasteiger partial charge in [-0.15, -0.1) is 0 Å². The number of nitrogens with zero attached hydrogens (tertiary/aromatic N) is 2. The normalized spacial score (nSPS) is 16.4. The third-order valence-corrected chi connectivity index (χ3v) is 3.52. The molecule has 80 valence electrons. The van der Waals surface area contributed by atoms with E-state index in [2.05, 4.69) is 9.88 Å². The van der Waals surface area contributed by atoms with Crippen molar-refractivity contribution in [3.63, 3.8) is 0 Å². The van der Waals surface area contributed by atoms with Crippen LogP contribution in [0.15, 0.2) is 18.3 Å². The van der Waals surface area contributed by atoms with Gasteiger partial charge >= 0.3 is 0 Å². The first-order chi connectivity index (χ1) is 7.27. The summed E-state index contributed by atoms with van der Waals surface area (Å²) < 4.78 is 0. The van der Waals surface area contributed by atoms with Crippen molar-refractivity contribution in [2.45, 2.75) is 0 Å². The van der Waals surface area contributed by atoms with Gasteiger partial charge in [0.25, 0.3) is 0 Å². The zero-order valence-electron chi connectivity index (χ0n) is 8.35. The average Bonchev–Trinajstić information content (AvgIpc) is 2.30. The fraction of sp³-hybridized carbons (Fsp3) is 0.400. The van der Waals surface area contributed by atoms with Crippen LogP contribution in [0.1, 0.15) is 5.69 Å². The van der Waals surface area contributed by atoms with Crippen LogP contribution in [0.2, 0.25) is 0 Å². The van der Waals surface area contributed by atoms with Crippen LogP contribution >= 0.6 is 24.0 Å². The molecule has 1 aliphatic rings. The molecule has 1 aliphatic heterocycles. The zero-order valence-corrected chi connectivity index (χ0v) is 9.98. The summed E-state index contributed by atoms with van der Waals surface area (Å²) in [6, 6.07) is 3.98. The molecule has 1 saturated heterocycles. The summed E-state index contributed by atoms with van der Waals surface area (Å²) in [6.07, 6.45) is 1.77. The van der Waals surface area contributed by atoms with Gasteiger partial charge in [-0.1, -0.05) is 12.2 Å². The minimum atomic E-state index is 0.364. The minimum absolute atomic E-state index is 0.364. The van der Waals surface area contributed by atoms with Crippen LogP contribution < -0.4 is 10.6 Å². The van der Waals surface area contributed by atoms with E-state index in [1.165, 1.54) is 17.2 Å². The predicted octanol–water partition coefficient (Wildman–Crippen LogP) is 1.27. The first-order valence-electron chi connectivity index (χ1n) is 4.86. The van der Waals surface area contributed by atoms with Crippen LogP contribution in [-0.4, -0.2) is 34.6 Å². The summed E-state index contributed by atoms with van der Waals surface area (Å²) in [7, 11) is 0. The third-order valence-electron chi connectivity index (χ3n) is 2.37. The van der Waals surface area contributed by atoms with Gasteiger partial charge in [0.05, 0.1) is 5.69 Å². The maximum Gasteiger partial charge on any atom is 0.122 e. The van der Waals surface area contributed by atoms with Gasteiger partial charge in [-0.3, -0.25) is 4.98 Å². The summed E-state index contributed by atoms with van der Waals surface area (Å²) in [6.45, 7) is 2.18. The maximum atomic E-state index is 5.56. The smallest absolute Gasteiger partial charge is 0.122 e. The Bertz CT molecular complexity index is 361. The second-order valence-corrected chi connectivity index (χ2v) is 5.03. The number of hydrogen-bond donors (Lipinski definition) is 1. The molecule has 3 nitrogen and oxygen atoms in total. The van der Waals surface area contributed by atoms with Gasteiger partial charge in [0.2, 0.25) is 0 Å². The number of thioether (sulfide) groups is 1. The molecular weight excluding hydrogens is 226 g/mol. The summed E-state index contributed by atoms with van der Waals surface area (Å²) >= 11 is 6.91. The van der Waals surface area contributed by atoms with Crippen LogP contribution in [0.25, 0.3) is 0 Å². The molecule has 0 spiro atoms. The number of pyridine rings is 1. The third kappa shape index (κ3) is 2.60. The van der Waals surface area contributed by atoms with Gasteiger partial charge in [0, 0.05) is 36.5 Å². The number of nitrogens with two attached hydrogens (primary N) is 1. The maximum absolute atomic E-state index is 5.56. The molecule has 1 aromatic heterocycles. The highest BCUT2D eigenvalue weighted by atomic mass is 32.2. The first-order valence-corrected chi connectivity index (χ1v) is 6.42. The molecular formula is C10H13N3S2. The second kappa shape index (κ2) is 4.81. The van der Waals surface area contributed by atoms with Crippen LogP contribution in [0.3, 0.4) is 0 Å². The Kier molecular flexibility index (Phi) is 3.43. The Morgan fingerprint density at radius 1 is 1.47 bits per heavy atom. The van der Waals surface area contributed by atoms with Gasteiger partial charge in [-0.05, 0) is 12.1 Å². The molecule has 0 aliphatic carbocycles. The lowest BCUT2D eigenvalue weighted by molar-refractivity contribution is 0.857. The van der Waals surface area contributed by atoms with Crippen LogP contribution in [0.5, 0.6) is 0 Å². The van der Waals surface area contributed by atoms with Crippen LogP contribution in [0.4, 0.5) is 5.69 Å². The Balaban J connectivity index is 2.19. The van der Waals surface area contributed by atoms with Gasteiger partial charge < -0.3 is 10.6 Å². The van der Waals surface area contributed by atoms with Crippen molar-refractivity contribution >= 4 is 34.7 Å². The van der Waals surface area contributed by atoms with Gasteiger partial charge in [-0.25, -0.2) is 0 Å². The molecule has 0 unspecified atom stereocenters. The largest absolute Gasteiger partial charge is 0.388 e. The monoisotopic (exact) mass is 239 g/mol. The summed E-state index contributed by atoms with van der Waals surface area (Å²) in [4.78, 5) is 6.85. The van der Waals surface area contributed by atoms with Crippen LogP contribution in [-0.2, 0) is 0 Å². The molecule has 1 fully saturated rings. The van der Waals surface area contributed by atoms with Crippen LogP contribution in [0, 0.1) is 0 Å². The minimum Gasteiger partial charge on any atom is -0.388 e. The SMILES string of the molecule is NC(=S)c1cc(N2CCSCC2)ccn1. The van der Waals surface area contributed by atoms with Crippen molar-refractivity contribution in [2.24, 2.45) is 5.73 Å². The lowest BCUT2D eigenvalue weighted by atomic mass is 10.3. The number of thiocarbonyl (C=S) groups is 1. The van der Waals surface area contributed by atoms with E-state index in [4.69, 9.17) is 18.0 Å². The summed E-state index contributed by atoms with van der Waals surface area (Å²) in [5, 5.41) is 0. The van der Waals surface area contributed by atoms with E-state index in [1.807, 2.05) is 23.9 Å². The molecule has 0 atom stereocenters. The lowest BCUT2D eigenvalue weighted by Gasteiger charge is -2.28. The highest BCUT2D eigenvalue weighted by Crippen LogP contribution is 2.19. The molecule has 2 rings (SSSR count). The average molecular weight is 239 g/mol. The molecule has 0 bridgehead atoms. The molecule has 0 radical (unpaired) electrons. The molecule has 15 heavy (non-hydrogen) atoms. The Labute approximate surface area is 99.1 Å². The quantitative estimate of drug-likeness (QED) is 0.787. The number of rotatable bonds is 2. The van der Waals surface area contributed by atoms with Gasteiger partial charge in [0.1, 0.15) is 4.99 Å². The zero-order chi connectivity index (χ0) is 10.7. The Morgan fingerprint density at radius 3 is 2.87 bits per heavy atom. The Hall–Kier alpha value is -0.810. The van der Waals surface area contributed by atoms with E-state index in [9.17, 15) is 0 Å². The predicted molar refractivity (Wildman–Crippen MR) is 69.7 cm³/mol. The molecule has 2 N–H and O–H groups in total. The first kappa shape index (κ1) is 10.7. The molecule has 2 heterocycles. The van der Waals surface area contributed by atoms with E-state index in [0.717, 1.165) is 13.1 Å². The molecule has 0 aromatic carbocycles. The van der Waals surface area contributed by atoms with Crippen molar-refractivity contribution in [2.75, 3.05) is 29.5 Å². The second-order valence-electron chi connectivity index (χ2n) is 3.36. The van der Waals surface area contributed by atoms with E-state index in [1.54, 1.807) is 6.20 Å². The molecule has 1 aromatic rings. The topological polar surface area (TPSA) is 42.1 Å². The van der Waals surface area contributed by atoms with E-state index < -0.39 is 0 Å². The summed E-state index contributed by atoms with van der Waals surface area (Å²) in [5.41, 5.74) is 7.44. The number of aromatic nitrogens is 1. The molecule has 5 heteroatoms. The molecule has 0 amide bonds. The number of hydrogen-bond acceptors (Lipinski definition) is 4. The highest BCUT2D eigenvalue weighted by Gasteiger charge is 2.11. The van der Waals surface area contributed by atoms with E-state index in [0.29, 0.717) is 10.7 Å². The number of anilines is 1. The fourth-order valence-corrected chi connectivity index (χ4v) is 2.59.